The maximum atomic E-state index is 13.3. The Hall–Kier alpha value is -2.16. The average molecular weight is 402 g/mol. The molecule has 29 heavy (non-hydrogen) atoms. The molecule has 3 unspecified atom stereocenters. The van der Waals surface area contributed by atoms with Gasteiger partial charge in [-0.2, -0.15) is 0 Å². The number of hydrogen-bond donors (Lipinski definition) is 1. The number of benzene rings is 1. The highest BCUT2D eigenvalue weighted by Gasteiger charge is 2.55. The number of likely N-dealkylation sites (N-methyl/N-ethyl adjacent to an activating group) is 1. The van der Waals surface area contributed by atoms with E-state index in [0.29, 0.717) is 19.8 Å². The Balaban J connectivity index is 1.57. The quantitative estimate of drug-likeness (QED) is 0.724. The fraction of sp³-hybridized carbons (Fsp3) is 0.619. The number of imide groups is 1. The van der Waals surface area contributed by atoms with Crippen LogP contribution in [-0.2, 0) is 16.0 Å². The molecule has 0 aliphatic carbocycles. The minimum atomic E-state index is -0.373. The van der Waals surface area contributed by atoms with Crippen LogP contribution in [0.1, 0.15) is 25.8 Å². The summed E-state index contributed by atoms with van der Waals surface area (Å²) in [6.07, 6.45) is 1.56. The van der Waals surface area contributed by atoms with Crippen molar-refractivity contribution in [3.8, 4) is 0 Å². The lowest BCUT2D eigenvalue weighted by atomic mass is 10.1. The van der Waals surface area contributed by atoms with Gasteiger partial charge >= 0.3 is 6.03 Å². The molecule has 1 aromatic rings. The van der Waals surface area contributed by atoms with Gasteiger partial charge in [0, 0.05) is 32.4 Å². The Labute approximate surface area is 172 Å². The van der Waals surface area contributed by atoms with Crippen LogP contribution >= 0.6 is 0 Å². The highest BCUT2D eigenvalue weighted by molar-refractivity contribution is 6.00. The zero-order chi connectivity index (χ0) is 20.5. The number of rotatable bonds is 6. The standard InChI is InChI=1S/C21H31N5O3/c1-4-15-7-9-16(10-8-15)24-11-6-12-25-17-18(22-20(24)25)23(3)21(28)26(19(17)27)13-14-29-5-2/h7-10,17-18,20,22H,4-6,11-14H2,1-3H3. The number of anilines is 1. The van der Waals surface area contributed by atoms with E-state index in [2.05, 4.69) is 46.3 Å². The Kier molecular flexibility index (Phi) is 5.76. The summed E-state index contributed by atoms with van der Waals surface area (Å²) >= 11 is 0. The first-order valence-corrected chi connectivity index (χ1v) is 10.6. The summed E-state index contributed by atoms with van der Waals surface area (Å²) in [5.74, 6) is -0.129. The van der Waals surface area contributed by atoms with Gasteiger partial charge in [0.25, 0.3) is 5.91 Å². The molecule has 0 aromatic heterocycles. The van der Waals surface area contributed by atoms with E-state index < -0.39 is 0 Å². The fourth-order valence-corrected chi connectivity index (χ4v) is 4.61. The molecular formula is C21H31N5O3. The van der Waals surface area contributed by atoms with Gasteiger partial charge in [0.15, 0.2) is 0 Å². The average Bonchev–Trinajstić information content (AvgIpc) is 3.15. The van der Waals surface area contributed by atoms with E-state index in [1.807, 2.05) is 6.92 Å². The zero-order valence-electron chi connectivity index (χ0n) is 17.5. The van der Waals surface area contributed by atoms with Crippen LogP contribution < -0.4 is 10.2 Å². The van der Waals surface area contributed by atoms with E-state index in [1.54, 1.807) is 11.9 Å². The van der Waals surface area contributed by atoms with Gasteiger partial charge in [-0.05, 0) is 37.5 Å². The summed E-state index contributed by atoms with van der Waals surface area (Å²) < 4.78 is 5.38. The zero-order valence-corrected chi connectivity index (χ0v) is 17.5. The molecular weight excluding hydrogens is 370 g/mol. The molecule has 3 atom stereocenters. The highest BCUT2D eigenvalue weighted by Crippen LogP contribution is 2.33. The Bertz CT molecular complexity index is 755. The van der Waals surface area contributed by atoms with Crippen LogP contribution in [0.25, 0.3) is 0 Å². The first kappa shape index (κ1) is 20.1. The summed E-state index contributed by atoms with van der Waals surface area (Å²) in [6.45, 7) is 7.03. The van der Waals surface area contributed by atoms with Crippen molar-refractivity contribution in [2.24, 2.45) is 0 Å². The van der Waals surface area contributed by atoms with Crippen LogP contribution in [0.2, 0.25) is 0 Å². The van der Waals surface area contributed by atoms with Gasteiger partial charge in [0.1, 0.15) is 18.5 Å². The number of hydrogen-bond acceptors (Lipinski definition) is 6. The smallest absolute Gasteiger partial charge is 0.327 e. The lowest BCUT2D eigenvalue weighted by molar-refractivity contribution is -0.139. The SMILES string of the molecule is CCOCCN1C(=O)C2C(NC3N(c4ccc(CC)cc4)CCCN23)N(C)C1=O. The lowest BCUT2D eigenvalue weighted by Crippen LogP contribution is -2.66. The minimum Gasteiger partial charge on any atom is -0.380 e. The molecule has 158 valence electrons. The Morgan fingerprint density at radius 2 is 1.90 bits per heavy atom. The van der Waals surface area contributed by atoms with E-state index in [9.17, 15) is 9.59 Å². The number of fused-ring (bicyclic) bond motifs is 3. The summed E-state index contributed by atoms with van der Waals surface area (Å²) in [4.78, 5) is 33.6. The molecule has 0 saturated carbocycles. The van der Waals surface area contributed by atoms with Gasteiger partial charge in [0.05, 0.1) is 13.2 Å². The van der Waals surface area contributed by atoms with Crippen molar-refractivity contribution in [1.82, 2.24) is 20.0 Å². The number of ether oxygens (including phenoxy) is 1. The van der Waals surface area contributed by atoms with Crippen molar-refractivity contribution in [1.29, 1.82) is 0 Å². The topological polar surface area (TPSA) is 68.4 Å². The van der Waals surface area contributed by atoms with Crippen molar-refractivity contribution in [2.45, 2.75) is 45.2 Å². The summed E-state index contributed by atoms with van der Waals surface area (Å²) in [5, 5.41) is 3.55. The molecule has 3 amide bonds. The van der Waals surface area contributed by atoms with Crippen molar-refractivity contribution in [3.63, 3.8) is 0 Å². The van der Waals surface area contributed by atoms with Crippen molar-refractivity contribution in [2.75, 3.05) is 44.8 Å². The van der Waals surface area contributed by atoms with E-state index >= 15 is 0 Å². The van der Waals surface area contributed by atoms with Crippen LogP contribution in [0, 0.1) is 0 Å². The Morgan fingerprint density at radius 3 is 2.59 bits per heavy atom. The molecule has 0 spiro atoms. The maximum absolute atomic E-state index is 13.3. The van der Waals surface area contributed by atoms with E-state index in [-0.39, 0.29) is 30.4 Å². The number of amides is 3. The molecule has 3 heterocycles. The molecule has 3 aliphatic rings. The second-order valence-corrected chi connectivity index (χ2v) is 7.82. The number of urea groups is 1. The molecule has 3 aliphatic heterocycles. The van der Waals surface area contributed by atoms with Gasteiger partial charge < -0.3 is 14.5 Å². The number of carbonyl (C=O) groups is 2. The molecule has 0 radical (unpaired) electrons. The summed E-state index contributed by atoms with van der Waals surface area (Å²) in [6, 6.07) is 7.98. The van der Waals surface area contributed by atoms with Crippen molar-refractivity contribution >= 4 is 17.6 Å². The predicted octanol–water partition coefficient (Wildman–Crippen LogP) is 1.27. The molecule has 8 nitrogen and oxygen atoms in total. The van der Waals surface area contributed by atoms with Crippen LogP contribution in [0.3, 0.4) is 0 Å². The molecule has 1 N–H and O–H groups in total. The number of carbonyl (C=O) groups excluding carboxylic acids is 2. The van der Waals surface area contributed by atoms with Crippen LogP contribution in [0.4, 0.5) is 10.5 Å². The number of nitrogens with zero attached hydrogens (tertiary/aromatic N) is 4. The van der Waals surface area contributed by atoms with Gasteiger partial charge in [0.2, 0.25) is 0 Å². The predicted molar refractivity (Wildman–Crippen MR) is 110 cm³/mol. The van der Waals surface area contributed by atoms with Crippen LogP contribution in [0.15, 0.2) is 24.3 Å². The van der Waals surface area contributed by atoms with Gasteiger partial charge in [-0.25, -0.2) is 4.79 Å². The van der Waals surface area contributed by atoms with Crippen LogP contribution in [0.5, 0.6) is 0 Å². The largest absolute Gasteiger partial charge is 0.380 e. The summed E-state index contributed by atoms with van der Waals surface area (Å²) in [7, 11) is 1.77. The van der Waals surface area contributed by atoms with E-state index in [1.165, 1.54) is 10.5 Å². The second kappa shape index (κ2) is 8.30. The third-order valence-electron chi connectivity index (χ3n) is 6.21. The number of nitrogens with one attached hydrogen (secondary N) is 1. The van der Waals surface area contributed by atoms with Crippen LogP contribution in [-0.4, -0.2) is 85.0 Å². The van der Waals surface area contributed by atoms with Gasteiger partial charge in [-0.1, -0.05) is 19.1 Å². The maximum Gasteiger partial charge on any atom is 0.327 e. The third-order valence-corrected chi connectivity index (χ3v) is 6.21. The fourth-order valence-electron chi connectivity index (χ4n) is 4.61. The normalized spacial score (nSPS) is 27.4. The van der Waals surface area contributed by atoms with E-state index in [4.69, 9.17) is 4.74 Å². The lowest BCUT2D eigenvalue weighted by Gasteiger charge is -2.43. The van der Waals surface area contributed by atoms with Crippen molar-refractivity contribution in [3.05, 3.63) is 29.8 Å². The molecule has 3 saturated heterocycles. The molecule has 0 bridgehead atoms. The molecule has 3 fully saturated rings. The molecule has 4 rings (SSSR count). The van der Waals surface area contributed by atoms with E-state index in [0.717, 1.165) is 31.6 Å². The first-order valence-electron chi connectivity index (χ1n) is 10.6. The third kappa shape index (κ3) is 3.49. The van der Waals surface area contributed by atoms with Gasteiger partial charge in [-0.15, -0.1) is 0 Å². The Morgan fingerprint density at radius 1 is 1.14 bits per heavy atom. The van der Waals surface area contributed by atoms with Gasteiger partial charge in [-0.3, -0.25) is 19.9 Å². The minimum absolute atomic E-state index is 0.0998. The highest BCUT2D eigenvalue weighted by atomic mass is 16.5. The second-order valence-electron chi connectivity index (χ2n) is 7.82. The number of aryl methyl sites for hydroxylation is 1. The summed E-state index contributed by atoms with van der Waals surface area (Å²) in [5.41, 5.74) is 2.44. The molecule has 8 heteroatoms. The van der Waals surface area contributed by atoms with Crippen molar-refractivity contribution < 1.29 is 14.3 Å². The molecule has 1 aromatic carbocycles. The first-order chi connectivity index (χ1) is 14.1. The monoisotopic (exact) mass is 401 g/mol.